The van der Waals surface area contributed by atoms with Crippen molar-refractivity contribution in [3.63, 3.8) is 0 Å². The van der Waals surface area contributed by atoms with E-state index in [9.17, 15) is 33.7 Å². The number of hydrogen-bond acceptors (Lipinski definition) is 12. The molecule has 0 aromatic heterocycles. The van der Waals surface area contributed by atoms with Crippen LogP contribution in [0.1, 0.15) is 20.8 Å². The Morgan fingerprint density at radius 2 is 1.12 bits per heavy atom. The molecule has 4 atom stereocenters. The Bertz CT molecular complexity index is 881. The molecular formula is C10H18O12S4. The van der Waals surface area contributed by atoms with Gasteiger partial charge in [-0.1, -0.05) is 0 Å². The van der Waals surface area contributed by atoms with Gasteiger partial charge in [0.1, 0.15) is 35.9 Å². The summed E-state index contributed by atoms with van der Waals surface area (Å²) >= 11 is 0. The van der Waals surface area contributed by atoms with E-state index >= 15 is 0 Å². The number of rotatable bonds is 6. The summed E-state index contributed by atoms with van der Waals surface area (Å²) in [5, 5.41) is 0. The lowest BCUT2D eigenvalue weighted by Gasteiger charge is -2.20. The third kappa shape index (κ3) is 4.92. The van der Waals surface area contributed by atoms with Gasteiger partial charge < -0.3 is 0 Å². The van der Waals surface area contributed by atoms with Crippen LogP contribution in [-0.4, -0.2) is 74.2 Å². The minimum Gasteiger partial charge on any atom is -0.264 e. The molecule has 0 aromatic rings. The van der Waals surface area contributed by atoms with Crippen LogP contribution in [0.5, 0.6) is 0 Å². The molecule has 0 bridgehead atoms. The lowest BCUT2D eigenvalue weighted by molar-refractivity contribution is 0.115. The van der Waals surface area contributed by atoms with Gasteiger partial charge in [0, 0.05) is 0 Å². The van der Waals surface area contributed by atoms with E-state index in [0.717, 1.165) is 6.92 Å². The standard InChI is InChI=1S/C10H18O12S4/c1-6-9(4-23(11,12)19-6)21-25(15,16)8(3)26(17,18)22-10-5-24(13,14)20-7(10)2/h6-10H,4-5H2,1-3H3. The van der Waals surface area contributed by atoms with Crippen LogP contribution < -0.4 is 0 Å². The molecule has 0 saturated carbocycles. The second-order valence-electron chi connectivity index (χ2n) is 5.87. The quantitative estimate of drug-likeness (QED) is 0.412. The van der Waals surface area contributed by atoms with E-state index < -0.39 is 81.0 Å². The summed E-state index contributed by atoms with van der Waals surface area (Å²) in [7, 11) is -17.6. The molecule has 0 aromatic carbocycles. The van der Waals surface area contributed by atoms with Gasteiger partial charge in [0.2, 0.25) is 4.58 Å². The van der Waals surface area contributed by atoms with Gasteiger partial charge in [-0.3, -0.25) is 16.7 Å². The Labute approximate surface area is 152 Å². The molecule has 0 spiro atoms. The minimum atomic E-state index is -4.82. The molecule has 2 fully saturated rings. The zero-order valence-corrected chi connectivity index (χ0v) is 17.1. The second-order valence-corrected chi connectivity index (χ2v) is 13.2. The first-order valence-electron chi connectivity index (χ1n) is 7.21. The molecule has 16 heteroatoms. The highest BCUT2D eigenvalue weighted by Gasteiger charge is 2.47. The third-order valence-electron chi connectivity index (χ3n) is 3.71. The Morgan fingerprint density at radius 1 is 0.808 bits per heavy atom. The molecule has 12 nitrogen and oxygen atoms in total. The summed E-state index contributed by atoms with van der Waals surface area (Å²) in [4.78, 5) is 0. The molecule has 2 rings (SSSR count). The summed E-state index contributed by atoms with van der Waals surface area (Å²) in [5.41, 5.74) is 0. The zero-order chi connectivity index (χ0) is 20.1. The predicted octanol–water partition coefficient (Wildman–Crippen LogP) is -1.74. The van der Waals surface area contributed by atoms with Gasteiger partial charge in [-0.05, 0) is 20.8 Å². The van der Waals surface area contributed by atoms with Crippen molar-refractivity contribution in [3.05, 3.63) is 0 Å². The van der Waals surface area contributed by atoms with Gasteiger partial charge in [-0.15, -0.1) is 0 Å². The molecule has 2 aliphatic rings. The van der Waals surface area contributed by atoms with Gasteiger partial charge in [-0.25, -0.2) is 0 Å². The Balaban J connectivity index is 2.14. The normalized spacial score (nSPS) is 35.3. The van der Waals surface area contributed by atoms with Crippen LogP contribution in [0.4, 0.5) is 0 Å². The Kier molecular flexibility index (Phi) is 5.83. The minimum absolute atomic E-state index is 0.757. The largest absolute Gasteiger partial charge is 0.287 e. The van der Waals surface area contributed by atoms with Gasteiger partial charge in [0.05, 0.1) is 0 Å². The van der Waals surface area contributed by atoms with Crippen LogP contribution in [-0.2, 0) is 57.2 Å². The van der Waals surface area contributed by atoms with Crippen molar-refractivity contribution < 1.29 is 50.4 Å². The molecule has 2 heterocycles. The monoisotopic (exact) mass is 458 g/mol. The van der Waals surface area contributed by atoms with E-state index in [2.05, 4.69) is 16.7 Å². The Hall–Kier alpha value is -0.360. The van der Waals surface area contributed by atoms with Crippen molar-refractivity contribution in [1.29, 1.82) is 0 Å². The average Bonchev–Trinajstić information content (AvgIpc) is 2.81. The van der Waals surface area contributed by atoms with Crippen molar-refractivity contribution in [2.24, 2.45) is 0 Å². The van der Waals surface area contributed by atoms with Crippen molar-refractivity contribution in [2.45, 2.75) is 49.8 Å². The molecule has 0 aliphatic carbocycles. The smallest absolute Gasteiger partial charge is 0.264 e. The van der Waals surface area contributed by atoms with Crippen LogP contribution in [0.2, 0.25) is 0 Å². The van der Waals surface area contributed by atoms with Crippen LogP contribution in [0.3, 0.4) is 0 Å². The maximum atomic E-state index is 12.2. The Morgan fingerprint density at radius 3 is 1.35 bits per heavy atom. The first-order valence-corrected chi connectivity index (χ1v) is 13.3. The van der Waals surface area contributed by atoms with E-state index in [1.54, 1.807) is 0 Å². The van der Waals surface area contributed by atoms with Crippen LogP contribution >= 0.6 is 0 Å². The zero-order valence-electron chi connectivity index (χ0n) is 13.8. The summed E-state index contributed by atoms with van der Waals surface area (Å²) in [5.74, 6) is -1.51. The molecule has 0 amide bonds. The molecule has 0 radical (unpaired) electrons. The highest BCUT2D eigenvalue weighted by molar-refractivity contribution is 8.04. The van der Waals surface area contributed by atoms with E-state index in [1.807, 2.05) is 0 Å². The van der Waals surface area contributed by atoms with Gasteiger partial charge in [-0.2, -0.15) is 33.7 Å². The van der Waals surface area contributed by atoms with E-state index in [4.69, 9.17) is 0 Å². The van der Waals surface area contributed by atoms with Crippen LogP contribution in [0.25, 0.3) is 0 Å². The molecule has 154 valence electrons. The third-order valence-corrected chi connectivity index (χ3v) is 10.4. The SMILES string of the molecule is CC1OS(=O)(=O)CC1OS(=O)(=O)C(C)S(=O)(=O)OC1CS(=O)(=O)OC1C. The molecule has 2 saturated heterocycles. The van der Waals surface area contributed by atoms with Crippen molar-refractivity contribution in [1.82, 2.24) is 0 Å². The van der Waals surface area contributed by atoms with E-state index in [0.29, 0.717) is 0 Å². The maximum Gasteiger partial charge on any atom is 0.287 e. The summed E-state index contributed by atoms with van der Waals surface area (Å²) in [6.45, 7) is 3.26. The van der Waals surface area contributed by atoms with Crippen molar-refractivity contribution in [3.8, 4) is 0 Å². The van der Waals surface area contributed by atoms with Gasteiger partial charge in [0.15, 0.2) is 0 Å². The highest BCUT2D eigenvalue weighted by Crippen LogP contribution is 2.27. The molecular weight excluding hydrogens is 440 g/mol. The highest BCUT2D eigenvalue weighted by atomic mass is 32.3. The van der Waals surface area contributed by atoms with Gasteiger partial charge in [0.25, 0.3) is 40.5 Å². The molecule has 4 unspecified atom stereocenters. The first kappa shape index (κ1) is 21.9. The fraction of sp³-hybridized carbons (Fsp3) is 1.00. The summed E-state index contributed by atoms with van der Waals surface area (Å²) < 4.78 is 110. The predicted molar refractivity (Wildman–Crippen MR) is 85.7 cm³/mol. The lowest BCUT2D eigenvalue weighted by atomic mass is 10.3. The lowest BCUT2D eigenvalue weighted by Crippen LogP contribution is -2.39. The van der Waals surface area contributed by atoms with E-state index in [-0.39, 0.29) is 0 Å². The molecule has 2 aliphatic heterocycles. The molecule has 0 N–H and O–H groups in total. The van der Waals surface area contributed by atoms with Crippen molar-refractivity contribution >= 4 is 40.5 Å². The fourth-order valence-electron chi connectivity index (χ4n) is 2.20. The van der Waals surface area contributed by atoms with Crippen LogP contribution in [0, 0.1) is 0 Å². The van der Waals surface area contributed by atoms with Crippen LogP contribution in [0.15, 0.2) is 0 Å². The van der Waals surface area contributed by atoms with Crippen molar-refractivity contribution in [2.75, 3.05) is 11.5 Å². The average molecular weight is 459 g/mol. The first-order chi connectivity index (χ1) is 11.5. The topological polar surface area (TPSA) is 173 Å². The summed E-state index contributed by atoms with van der Waals surface area (Å²) in [6.07, 6.45) is -5.09. The van der Waals surface area contributed by atoms with E-state index in [1.165, 1.54) is 13.8 Å². The van der Waals surface area contributed by atoms with Gasteiger partial charge >= 0.3 is 0 Å². The number of hydrogen-bond donors (Lipinski definition) is 0. The fourth-order valence-corrected chi connectivity index (χ4v) is 8.06. The summed E-state index contributed by atoms with van der Waals surface area (Å²) in [6, 6.07) is 0. The maximum absolute atomic E-state index is 12.2. The second kappa shape index (κ2) is 6.91. The molecule has 26 heavy (non-hydrogen) atoms.